The van der Waals surface area contributed by atoms with Crippen molar-refractivity contribution in [2.24, 2.45) is 4.99 Å². The highest BCUT2D eigenvalue weighted by molar-refractivity contribution is 6.29. The lowest BCUT2D eigenvalue weighted by Gasteiger charge is -2.12. The Hall–Kier alpha value is 0.250. The number of hydrogen-bond donors (Lipinski definition) is 0. The van der Waals surface area contributed by atoms with E-state index in [0.717, 1.165) is 13.0 Å². The van der Waals surface area contributed by atoms with Gasteiger partial charge in [-0.1, -0.05) is 0 Å². The monoisotopic (exact) mass is 151 g/mol. The summed E-state index contributed by atoms with van der Waals surface area (Å²) in [7, 11) is 0. The second-order valence-electron chi connectivity index (χ2n) is 1.86. The van der Waals surface area contributed by atoms with E-state index in [0.29, 0.717) is 0 Å². The van der Waals surface area contributed by atoms with Crippen LogP contribution in [0.4, 0.5) is 0 Å². The minimum atomic E-state index is 0.0613. The van der Waals surface area contributed by atoms with E-state index in [1.807, 2.05) is 0 Å². The quantitative estimate of drug-likeness (QED) is 0.468. The Bertz CT molecular complexity index is 103. The fourth-order valence-electron chi connectivity index (χ4n) is 0.669. The van der Waals surface area contributed by atoms with Gasteiger partial charge >= 0.3 is 0 Å². The third kappa shape index (κ3) is 1.64. The summed E-state index contributed by atoms with van der Waals surface area (Å²) in [5.41, 5.74) is 0. The Labute approximate surface area is 58.7 Å². The van der Waals surface area contributed by atoms with Crippen molar-refractivity contribution in [1.82, 2.24) is 0 Å². The predicted molar refractivity (Wildman–Crippen MR) is 37.3 cm³/mol. The highest BCUT2D eigenvalue weighted by Crippen LogP contribution is 2.13. The summed E-state index contributed by atoms with van der Waals surface area (Å²) >= 11 is 11.4. The van der Waals surface area contributed by atoms with Crippen LogP contribution in [0, 0.1) is 0 Å². The van der Waals surface area contributed by atoms with Gasteiger partial charge in [-0.05, 0) is 6.42 Å². The molecule has 1 heterocycles. The van der Waals surface area contributed by atoms with Gasteiger partial charge in [-0.25, -0.2) is 0 Å². The third-order valence-electron chi connectivity index (χ3n) is 1.05. The van der Waals surface area contributed by atoms with Crippen molar-refractivity contribution in [2.75, 3.05) is 6.54 Å². The molecule has 1 nitrogen and oxygen atoms in total. The van der Waals surface area contributed by atoms with Crippen molar-refractivity contribution < 1.29 is 0 Å². The molecule has 2 unspecified atom stereocenters. The molecule has 2 atom stereocenters. The average molecular weight is 152 g/mol. The first kappa shape index (κ1) is 6.37. The first-order chi connectivity index (χ1) is 3.79. The standard InChI is InChI=1S/C5H7Cl2N/c6-4-1-5(7)3-8-2-4/h2,4-5H,1,3H2. The highest BCUT2D eigenvalue weighted by atomic mass is 35.5. The van der Waals surface area contributed by atoms with Crippen molar-refractivity contribution in [3.05, 3.63) is 0 Å². The maximum atomic E-state index is 5.71. The summed E-state index contributed by atoms with van der Waals surface area (Å²) in [5.74, 6) is 0. The molecule has 1 aliphatic rings. The lowest BCUT2D eigenvalue weighted by Crippen LogP contribution is -2.18. The van der Waals surface area contributed by atoms with Crippen LogP contribution in [-0.2, 0) is 0 Å². The minimum absolute atomic E-state index is 0.0613. The SMILES string of the molecule is ClC1C=NCC(Cl)C1. The van der Waals surface area contributed by atoms with Crippen molar-refractivity contribution >= 4 is 29.4 Å². The van der Waals surface area contributed by atoms with Gasteiger partial charge in [0.2, 0.25) is 0 Å². The number of alkyl halides is 2. The normalized spacial score (nSPS) is 37.8. The molecule has 1 aliphatic heterocycles. The third-order valence-corrected chi connectivity index (χ3v) is 1.66. The van der Waals surface area contributed by atoms with Crippen molar-refractivity contribution in [3.63, 3.8) is 0 Å². The molecule has 0 amide bonds. The molecule has 0 radical (unpaired) electrons. The fraction of sp³-hybridized carbons (Fsp3) is 0.800. The van der Waals surface area contributed by atoms with E-state index in [-0.39, 0.29) is 10.8 Å². The van der Waals surface area contributed by atoms with E-state index in [9.17, 15) is 0 Å². The molecule has 0 aliphatic carbocycles. The van der Waals surface area contributed by atoms with E-state index in [2.05, 4.69) is 4.99 Å². The number of hydrogen-bond acceptors (Lipinski definition) is 1. The molecule has 1 rings (SSSR count). The van der Waals surface area contributed by atoms with Crippen LogP contribution in [0.2, 0.25) is 0 Å². The molecule has 46 valence electrons. The van der Waals surface area contributed by atoms with Crippen LogP contribution in [-0.4, -0.2) is 23.5 Å². The summed E-state index contributed by atoms with van der Waals surface area (Å²) in [6.45, 7) is 0.727. The smallest absolute Gasteiger partial charge is 0.0698 e. The summed E-state index contributed by atoms with van der Waals surface area (Å²) in [4.78, 5) is 3.95. The lowest BCUT2D eigenvalue weighted by molar-refractivity contribution is 0.762. The van der Waals surface area contributed by atoms with E-state index < -0.39 is 0 Å². The Balaban J connectivity index is 2.42. The van der Waals surface area contributed by atoms with E-state index in [4.69, 9.17) is 23.2 Å². The number of aliphatic imine (C=N–C) groups is 1. The van der Waals surface area contributed by atoms with Gasteiger partial charge < -0.3 is 0 Å². The van der Waals surface area contributed by atoms with Crippen molar-refractivity contribution in [3.8, 4) is 0 Å². The second-order valence-corrected chi connectivity index (χ2v) is 3.04. The van der Waals surface area contributed by atoms with Crippen molar-refractivity contribution in [1.29, 1.82) is 0 Å². The first-order valence-electron chi connectivity index (χ1n) is 2.57. The molecule has 0 saturated heterocycles. The van der Waals surface area contributed by atoms with Crippen LogP contribution < -0.4 is 0 Å². The topological polar surface area (TPSA) is 12.4 Å². The first-order valence-corrected chi connectivity index (χ1v) is 3.44. The van der Waals surface area contributed by atoms with Gasteiger partial charge in [-0.15, -0.1) is 23.2 Å². The van der Waals surface area contributed by atoms with Gasteiger partial charge in [0.05, 0.1) is 17.3 Å². The summed E-state index contributed by atoms with van der Waals surface area (Å²) in [6.07, 6.45) is 2.60. The Morgan fingerprint density at radius 3 is 2.62 bits per heavy atom. The fourth-order valence-corrected chi connectivity index (χ4v) is 1.33. The lowest BCUT2D eigenvalue weighted by atomic mass is 10.2. The largest absolute Gasteiger partial charge is 0.294 e. The van der Waals surface area contributed by atoms with Crippen LogP contribution >= 0.6 is 23.2 Å². The summed E-state index contributed by atoms with van der Waals surface area (Å²) < 4.78 is 0. The maximum Gasteiger partial charge on any atom is 0.0698 e. The molecule has 0 fully saturated rings. The molecule has 8 heavy (non-hydrogen) atoms. The molecule has 0 bridgehead atoms. The highest BCUT2D eigenvalue weighted by Gasteiger charge is 2.13. The second kappa shape index (κ2) is 2.70. The average Bonchev–Trinajstić information content (AvgIpc) is 1.64. The zero-order chi connectivity index (χ0) is 5.98. The van der Waals surface area contributed by atoms with Gasteiger partial charge in [0.1, 0.15) is 0 Å². The van der Waals surface area contributed by atoms with Gasteiger partial charge in [0.25, 0.3) is 0 Å². The molecule has 0 spiro atoms. The predicted octanol–water partition coefficient (Wildman–Crippen LogP) is 1.68. The van der Waals surface area contributed by atoms with Gasteiger partial charge in [-0.2, -0.15) is 0 Å². The molecule has 0 saturated carbocycles. The number of nitrogens with zero attached hydrogens (tertiary/aromatic N) is 1. The zero-order valence-corrected chi connectivity index (χ0v) is 5.86. The van der Waals surface area contributed by atoms with Crippen molar-refractivity contribution in [2.45, 2.75) is 17.2 Å². The summed E-state index contributed by atoms with van der Waals surface area (Å²) in [6, 6.07) is 0. The molecule has 0 aromatic carbocycles. The Kier molecular flexibility index (Phi) is 2.15. The molecule has 3 heteroatoms. The molecular weight excluding hydrogens is 145 g/mol. The molecule has 0 N–H and O–H groups in total. The number of rotatable bonds is 0. The van der Waals surface area contributed by atoms with E-state index in [1.165, 1.54) is 0 Å². The van der Waals surface area contributed by atoms with E-state index in [1.54, 1.807) is 6.21 Å². The van der Waals surface area contributed by atoms with Crippen LogP contribution in [0.15, 0.2) is 4.99 Å². The maximum absolute atomic E-state index is 5.71. The Morgan fingerprint density at radius 2 is 2.25 bits per heavy atom. The number of halogens is 2. The van der Waals surface area contributed by atoms with Crippen LogP contribution in [0.5, 0.6) is 0 Å². The summed E-state index contributed by atoms with van der Waals surface area (Å²) in [5, 5.41) is 0.216. The molecule has 0 aromatic heterocycles. The molecular formula is C5H7Cl2N. The van der Waals surface area contributed by atoms with Gasteiger partial charge in [0, 0.05) is 6.21 Å². The minimum Gasteiger partial charge on any atom is -0.294 e. The van der Waals surface area contributed by atoms with Crippen LogP contribution in [0.3, 0.4) is 0 Å². The van der Waals surface area contributed by atoms with Gasteiger partial charge in [-0.3, -0.25) is 4.99 Å². The molecule has 0 aromatic rings. The Morgan fingerprint density at radius 1 is 1.50 bits per heavy atom. The van der Waals surface area contributed by atoms with Gasteiger partial charge in [0.15, 0.2) is 0 Å². The zero-order valence-electron chi connectivity index (χ0n) is 4.35. The van der Waals surface area contributed by atoms with Crippen LogP contribution in [0.25, 0.3) is 0 Å². The van der Waals surface area contributed by atoms with E-state index >= 15 is 0 Å². The van der Waals surface area contributed by atoms with Crippen LogP contribution in [0.1, 0.15) is 6.42 Å².